The Bertz CT molecular complexity index is 922. The third-order valence-electron chi connectivity index (χ3n) is 5.47. The van der Waals surface area contributed by atoms with Crippen LogP contribution in [0.15, 0.2) is 36.4 Å². The van der Waals surface area contributed by atoms with Gasteiger partial charge in [0.25, 0.3) is 0 Å². The van der Waals surface area contributed by atoms with Crippen LogP contribution < -0.4 is 4.74 Å². The second-order valence-corrected chi connectivity index (χ2v) is 7.17. The van der Waals surface area contributed by atoms with Gasteiger partial charge in [-0.15, -0.1) is 0 Å². The predicted molar refractivity (Wildman–Crippen MR) is 92.4 cm³/mol. The molecule has 0 saturated heterocycles. The number of rotatable bonds is 4. The molecule has 1 fully saturated rings. The number of carbonyl (C=O) groups is 1. The maximum Gasteiger partial charge on any atom is 0.416 e. The lowest BCUT2D eigenvalue weighted by Gasteiger charge is -2.17. The Balaban J connectivity index is 1.52. The molecule has 4 rings (SSSR count). The number of carbonyl (C=O) groups excluding carboxylic acids is 1. The molecule has 2 aliphatic carbocycles. The number of esters is 1. The molecule has 3 atom stereocenters. The zero-order valence-corrected chi connectivity index (χ0v) is 15.1. The molecule has 0 heterocycles. The maximum atomic E-state index is 14.5. The van der Waals surface area contributed by atoms with Crippen molar-refractivity contribution in [3.63, 3.8) is 0 Å². The normalized spacial score (nSPS) is 23.2. The summed E-state index contributed by atoms with van der Waals surface area (Å²) in [6.45, 7) is 0. The summed E-state index contributed by atoms with van der Waals surface area (Å²) >= 11 is 0. The van der Waals surface area contributed by atoms with Crippen LogP contribution >= 0.6 is 0 Å². The van der Waals surface area contributed by atoms with Crippen LogP contribution in [0, 0.1) is 11.7 Å². The van der Waals surface area contributed by atoms with Crippen LogP contribution in [0.5, 0.6) is 5.75 Å². The molecule has 0 amide bonds. The molecule has 0 spiro atoms. The predicted octanol–water partition coefficient (Wildman–Crippen LogP) is 5.19. The fourth-order valence-electron chi connectivity index (χ4n) is 4.00. The molecule has 2 aromatic carbocycles. The van der Waals surface area contributed by atoms with E-state index in [1.54, 1.807) is 18.2 Å². The lowest BCUT2D eigenvalue weighted by atomic mass is 10.0. The summed E-state index contributed by atoms with van der Waals surface area (Å²) in [7, 11) is 1.30. The Morgan fingerprint density at radius 3 is 2.61 bits per heavy atom. The molecule has 0 N–H and O–H groups in total. The molecule has 0 radical (unpaired) electrons. The third-order valence-corrected chi connectivity index (χ3v) is 5.47. The number of ether oxygens (including phenoxy) is 2. The fourth-order valence-corrected chi connectivity index (χ4v) is 4.00. The molecular formula is C21H18F4O3. The topological polar surface area (TPSA) is 35.5 Å². The van der Waals surface area contributed by atoms with Crippen LogP contribution in [-0.2, 0) is 22.1 Å². The summed E-state index contributed by atoms with van der Waals surface area (Å²) in [4.78, 5) is 11.5. The second kappa shape index (κ2) is 6.79. The van der Waals surface area contributed by atoms with Crippen molar-refractivity contribution in [2.75, 3.05) is 7.11 Å². The number of hydrogen-bond acceptors (Lipinski definition) is 3. The van der Waals surface area contributed by atoms with Crippen molar-refractivity contribution in [3.05, 3.63) is 64.5 Å². The number of halogens is 4. The Morgan fingerprint density at radius 1 is 1.14 bits per heavy atom. The highest BCUT2D eigenvalue weighted by atomic mass is 19.4. The van der Waals surface area contributed by atoms with Crippen molar-refractivity contribution >= 4 is 5.97 Å². The minimum Gasteiger partial charge on any atom is -0.486 e. The zero-order chi connectivity index (χ0) is 20.1. The molecule has 148 valence electrons. The summed E-state index contributed by atoms with van der Waals surface area (Å²) in [5.74, 6) is -1.12. The van der Waals surface area contributed by atoms with Gasteiger partial charge in [-0.3, -0.25) is 4.79 Å². The van der Waals surface area contributed by atoms with Gasteiger partial charge in [0.2, 0.25) is 0 Å². The van der Waals surface area contributed by atoms with E-state index in [0.717, 1.165) is 6.07 Å². The average molecular weight is 394 g/mol. The summed E-state index contributed by atoms with van der Waals surface area (Å²) < 4.78 is 64.5. The minimum atomic E-state index is -4.41. The molecule has 0 bridgehead atoms. The monoisotopic (exact) mass is 394 g/mol. The molecule has 7 heteroatoms. The summed E-state index contributed by atoms with van der Waals surface area (Å²) in [6, 6.07) is 8.46. The molecule has 3 nitrogen and oxygen atoms in total. The van der Waals surface area contributed by atoms with Crippen LogP contribution in [0.4, 0.5) is 17.6 Å². The summed E-state index contributed by atoms with van der Waals surface area (Å²) in [5.41, 5.74) is 0.525. The van der Waals surface area contributed by atoms with Gasteiger partial charge in [-0.1, -0.05) is 18.2 Å². The number of alkyl halides is 3. The summed E-state index contributed by atoms with van der Waals surface area (Å²) in [6.07, 6.45) is -3.75. The van der Waals surface area contributed by atoms with Crippen LogP contribution in [0.25, 0.3) is 0 Å². The largest absolute Gasteiger partial charge is 0.486 e. The summed E-state index contributed by atoms with van der Waals surface area (Å²) in [5, 5.41) is 0. The van der Waals surface area contributed by atoms with E-state index in [2.05, 4.69) is 4.74 Å². The first-order valence-corrected chi connectivity index (χ1v) is 9.02. The van der Waals surface area contributed by atoms with Gasteiger partial charge in [-0.2, -0.15) is 13.2 Å². The molecular weight excluding hydrogens is 376 g/mol. The fraction of sp³-hybridized carbons (Fsp3) is 0.381. The molecule has 0 aromatic heterocycles. The first-order chi connectivity index (χ1) is 13.3. The molecule has 0 aliphatic heterocycles. The lowest BCUT2D eigenvalue weighted by Crippen LogP contribution is -2.10. The standard InChI is InChI=1S/C21H18F4O3/c1-27-20(26)16-10-15(16)13-6-5-11(9-18(13)22)28-19-8-7-12-14(19)3-2-4-17(12)21(23,24)25/h2-6,9,15-16,19H,7-8,10H2,1H3/t15?,16?,19-/m1/s1. The number of fused-ring (bicyclic) bond motifs is 1. The van der Waals surface area contributed by atoms with E-state index in [4.69, 9.17) is 4.74 Å². The number of methoxy groups -OCH3 is 1. The first kappa shape index (κ1) is 18.8. The van der Waals surface area contributed by atoms with E-state index in [-0.39, 0.29) is 35.5 Å². The van der Waals surface area contributed by atoms with E-state index in [0.29, 0.717) is 24.0 Å². The third kappa shape index (κ3) is 3.34. The smallest absolute Gasteiger partial charge is 0.416 e. The Labute approximate surface area is 159 Å². The number of hydrogen-bond donors (Lipinski definition) is 0. The quantitative estimate of drug-likeness (QED) is 0.529. The van der Waals surface area contributed by atoms with Crippen molar-refractivity contribution in [2.45, 2.75) is 37.5 Å². The highest BCUT2D eigenvalue weighted by molar-refractivity contribution is 5.77. The van der Waals surface area contributed by atoms with Crippen LogP contribution in [0.3, 0.4) is 0 Å². The highest BCUT2D eigenvalue weighted by Crippen LogP contribution is 2.49. The van der Waals surface area contributed by atoms with Gasteiger partial charge >= 0.3 is 12.1 Å². The molecule has 2 aliphatic rings. The van der Waals surface area contributed by atoms with E-state index in [9.17, 15) is 22.4 Å². The Kier molecular flexibility index (Phi) is 4.56. The Morgan fingerprint density at radius 2 is 1.93 bits per heavy atom. The SMILES string of the molecule is COC(=O)C1CC1c1ccc(O[C@@H]2CCc3c2cccc3C(F)(F)F)cc1F. The first-order valence-electron chi connectivity index (χ1n) is 9.02. The molecule has 2 aromatic rings. The van der Waals surface area contributed by atoms with Crippen molar-refractivity contribution in [3.8, 4) is 5.75 Å². The van der Waals surface area contributed by atoms with Crippen molar-refractivity contribution in [2.24, 2.45) is 5.92 Å². The van der Waals surface area contributed by atoms with E-state index in [1.807, 2.05) is 0 Å². The maximum absolute atomic E-state index is 14.5. The van der Waals surface area contributed by atoms with Gasteiger partial charge in [-0.05, 0) is 48.1 Å². The van der Waals surface area contributed by atoms with Gasteiger partial charge < -0.3 is 9.47 Å². The van der Waals surface area contributed by atoms with Gasteiger partial charge in [-0.25, -0.2) is 4.39 Å². The van der Waals surface area contributed by atoms with Crippen molar-refractivity contribution in [1.29, 1.82) is 0 Å². The van der Waals surface area contributed by atoms with E-state index < -0.39 is 23.7 Å². The van der Waals surface area contributed by atoms with Crippen LogP contribution in [0.2, 0.25) is 0 Å². The van der Waals surface area contributed by atoms with Crippen LogP contribution in [-0.4, -0.2) is 13.1 Å². The second-order valence-electron chi connectivity index (χ2n) is 7.17. The molecule has 1 saturated carbocycles. The van der Waals surface area contributed by atoms with Crippen molar-refractivity contribution < 1.29 is 31.8 Å². The molecule has 28 heavy (non-hydrogen) atoms. The highest BCUT2D eigenvalue weighted by Gasteiger charge is 2.46. The van der Waals surface area contributed by atoms with Gasteiger partial charge in [0.1, 0.15) is 17.7 Å². The van der Waals surface area contributed by atoms with Gasteiger partial charge in [0, 0.05) is 12.0 Å². The van der Waals surface area contributed by atoms with Gasteiger partial charge in [0.05, 0.1) is 18.6 Å². The Hall–Kier alpha value is -2.57. The van der Waals surface area contributed by atoms with Gasteiger partial charge in [0.15, 0.2) is 0 Å². The molecule has 2 unspecified atom stereocenters. The number of benzene rings is 2. The van der Waals surface area contributed by atoms with E-state index >= 15 is 0 Å². The minimum absolute atomic E-state index is 0.206. The average Bonchev–Trinajstić information content (AvgIpc) is 3.34. The lowest BCUT2D eigenvalue weighted by molar-refractivity contribution is -0.142. The zero-order valence-electron chi connectivity index (χ0n) is 15.1. The van der Waals surface area contributed by atoms with Crippen molar-refractivity contribution in [1.82, 2.24) is 0 Å². The van der Waals surface area contributed by atoms with Crippen LogP contribution in [0.1, 0.15) is 47.1 Å². The van der Waals surface area contributed by atoms with E-state index in [1.165, 1.54) is 19.2 Å².